The van der Waals surface area contributed by atoms with Crippen molar-refractivity contribution in [2.24, 2.45) is 0 Å². The van der Waals surface area contributed by atoms with Crippen molar-refractivity contribution < 1.29 is 18.0 Å². The molecule has 0 saturated carbocycles. The number of carbonyl (C=O) groups is 2. The number of benzene rings is 2. The second-order valence-electron chi connectivity index (χ2n) is 8.60. The van der Waals surface area contributed by atoms with Gasteiger partial charge in [0.05, 0.1) is 11.9 Å². The Morgan fingerprint density at radius 3 is 2.23 bits per heavy atom. The van der Waals surface area contributed by atoms with Crippen LogP contribution in [0.1, 0.15) is 45.2 Å². The Morgan fingerprint density at radius 1 is 1.03 bits per heavy atom. The first-order valence-corrected chi connectivity index (χ1v) is 14.1. The topological polar surface area (TPSA) is 86.8 Å². The zero-order valence-corrected chi connectivity index (χ0v) is 23.0. The summed E-state index contributed by atoms with van der Waals surface area (Å²) in [6, 6.07) is 11.0. The molecule has 1 N–H and O–H groups in total. The van der Waals surface area contributed by atoms with Gasteiger partial charge in [0.1, 0.15) is 12.6 Å². The molecule has 0 saturated heterocycles. The molecule has 7 nitrogen and oxygen atoms in total. The summed E-state index contributed by atoms with van der Waals surface area (Å²) in [5.41, 5.74) is 1.83. The van der Waals surface area contributed by atoms with Crippen LogP contribution in [-0.4, -0.2) is 50.0 Å². The summed E-state index contributed by atoms with van der Waals surface area (Å²) >= 11 is 12.4. The molecule has 192 valence electrons. The summed E-state index contributed by atoms with van der Waals surface area (Å²) in [5, 5.41) is 3.65. The quantitative estimate of drug-likeness (QED) is 0.448. The summed E-state index contributed by atoms with van der Waals surface area (Å²) in [5.74, 6) is -0.834. The van der Waals surface area contributed by atoms with E-state index in [0.717, 1.165) is 16.1 Å². The molecule has 0 bridgehead atoms. The summed E-state index contributed by atoms with van der Waals surface area (Å²) in [7, 11) is -3.80. The van der Waals surface area contributed by atoms with Crippen molar-refractivity contribution in [3.8, 4) is 0 Å². The van der Waals surface area contributed by atoms with Crippen molar-refractivity contribution >= 4 is 50.7 Å². The van der Waals surface area contributed by atoms with Crippen LogP contribution in [0.25, 0.3) is 0 Å². The molecule has 1 atom stereocenters. The molecular weight excluding hydrogens is 509 g/mol. The van der Waals surface area contributed by atoms with Crippen LogP contribution in [0.4, 0.5) is 5.69 Å². The highest BCUT2D eigenvalue weighted by Gasteiger charge is 2.32. The maximum Gasteiger partial charge on any atom is 0.244 e. The number of sulfonamides is 1. The predicted molar refractivity (Wildman–Crippen MR) is 142 cm³/mol. The molecule has 2 amide bonds. The molecule has 0 spiro atoms. The van der Waals surface area contributed by atoms with E-state index in [1.807, 2.05) is 32.9 Å². The van der Waals surface area contributed by atoms with E-state index < -0.39 is 28.5 Å². The molecule has 0 fully saturated rings. The Morgan fingerprint density at radius 2 is 1.69 bits per heavy atom. The normalized spacial score (nSPS) is 12.3. The lowest BCUT2D eigenvalue weighted by Gasteiger charge is -2.33. The highest BCUT2D eigenvalue weighted by Crippen LogP contribution is 2.26. The molecule has 2 aromatic carbocycles. The molecule has 35 heavy (non-hydrogen) atoms. The van der Waals surface area contributed by atoms with Gasteiger partial charge in [0.2, 0.25) is 21.8 Å². The molecule has 0 aliphatic carbocycles. The van der Waals surface area contributed by atoms with Crippen molar-refractivity contribution in [3.63, 3.8) is 0 Å². The first-order chi connectivity index (χ1) is 16.4. The van der Waals surface area contributed by atoms with Crippen molar-refractivity contribution in [1.82, 2.24) is 10.2 Å². The number of carbonyl (C=O) groups excluding carboxylic acids is 2. The van der Waals surface area contributed by atoms with Gasteiger partial charge in [0.25, 0.3) is 0 Å². The number of halogens is 2. The number of nitrogens with zero attached hydrogens (tertiary/aromatic N) is 2. The Balaban J connectivity index is 2.51. The highest BCUT2D eigenvalue weighted by atomic mass is 35.5. The van der Waals surface area contributed by atoms with Gasteiger partial charge in [-0.25, -0.2) is 8.42 Å². The third-order valence-corrected chi connectivity index (χ3v) is 7.21. The molecule has 2 rings (SSSR count). The number of hydrogen-bond donors (Lipinski definition) is 1. The number of amides is 2. The number of anilines is 1. The molecule has 0 aliphatic rings. The van der Waals surface area contributed by atoms with Crippen molar-refractivity contribution in [2.45, 2.75) is 59.2 Å². The lowest BCUT2D eigenvalue weighted by Crippen LogP contribution is -2.53. The lowest BCUT2D eigenvalue weighted by molar-refractivity contribution is -0.140. The van der Waals surface area contributed by atoms with Gasteiger partial charge in [-0.2, -0.15) is 0 Å². The number of aryl methyl sites for hydroxylation is 1. The molecule has 0 aromatic heterocycles. The molecule has 0 radical (unpaired) electrons. The van der Waals surface area contributed by atoms with Gasteiger partial charge >= 0.3 is 0 Å². The number of nitrogens with one attached hydrogen (secondary N) is 1. The monoisotopic (exact) mass is 541 g/mol. The van der Waals surface area contributed by atoms with Crippen LogP contribution in [0.3, 0.4) is 0 Å². The number of hydrogen-bond acceptors (Lipinski definition) is 4. The summed E-state index contributed by atoms with van der Waals surface area (Å²) in [6.45, 7) is 6.95. The van der Waals surface area contributed by atoms with Gasteiger partial charge in [-0.1, -0.05) is 61.3 Å². The van der Waals surface area contributed by atoms with Gasteiger partial charge < -0.3 is 10.2 Å². The molecule has 0 aliphatic heterocycles. The Hall–Kier alpha value is -2.29. The van der Waals surface area contributed by atoms with Crippen LogP contribution in [0.15, 0.2) is 42.5 Å². The van der Waals surface area contributed by atoms with E-state index in [-0.39, 0.29) is 18.5 Å². The van der Waals surface area contributed by atoms with E-state index in [1.54, 1.807) is 37.3 Å². The highest BCUT2D eigenvalue weighted by molar-refractivity contribution is 7.92. The third kappa shape index (κ3) is 7.85. The Kier molecular flexibility index (Phi) is 10.4. The van der Waals surface area contributed by atoms with Gasteiger partial charge in [-0.05, 0) is 56.0 Å². The minimum atomic E-state index is -3.80. The van der Waals surface area contributed by atoms with Gasteiger partial charge in [0, 0.05) is 22.6 Å². The maximum absolute atomic E-state index is 13.7. The third-order valence-electron chi connectivity index (χ3n) is 5.49. The van der Waals surface area contributed by atoms with Crippen LogP contribution in [0, 0.1) is 0 Å². The summed E-state index contributed by atoms with van der Waals surface area (Å²) in [6.07, 6.45) is 1.99. The average molecular weight is 543 g/mol. The summed E-state index contributed by atoms with van der Waals surface area (Å²) in [4.78, 5) is 28.1. The minimum absolute atomic E-state index is 0.0197. The molecule has 0 unspecified atom stereocenters. The molecule has 2 aromatic rings. The number of para-hydroxylation sites is 1. The van der Waals surface area contributed by atoms with E-state index in [2.05, 4.69) is 5.32 Å². The second-order valence-corrected chi connectivity index (χ2v) is 11.3. The average Bonchev–Trinajstić information content (AvgIpc) is 2.77. The molecule has 10 heteroatoms. The predicted octanol–water partition coefficient (Wildman–Crippen LogP) is 4.65. The fourth-order valence-corrected chi connectivity index (χ4v) is 5.13. The van der Waals surface area contributed by atoms with Crippen molar-refractivity contribution in [1.29, 1.82) is 0 Å². The zero-order chi connectivity index (χ0) is 26.3. The maximum atomic E-state index is 13.7. The van der Waals surface area contributed by atoms with E-state index >= 15 is 0 Å². The largest absolute Gasteiger partial charge is 0.352 e. The zero-order valence-electron chi connectivity index (χ0n) is 20.7. The second kappa shape index (κ2) is 12.6. The first-order valence-electron chi connectivity index (χ1n) is 11.5. The van der Waals surface area contributed by atoms with Crippen LogP contribution >= 0.6 is 23.2 Å². The van der Waals surface area contributed by atoms with Gasteiger partial charge in [0.15, 0.2) is 0 Å². The Bertz CT molecular complexity index is 1160. The van der Waals surface area contributed by atoms with Gasteiger partial charge in [-0.15, -0.1) is 0 Å². The van der Waals surface area contributed by atoms with Crippen LogP contribution < -0.4 is 9.62 Å². The fraction of sp³-hybridized carbons (Fsp3) is 0.440. The van der Waals surface area contributed by atoms with Crippen molar-refractivity contribution in [2.75, 3.05) is 17.1 Å². The SMILES string of the molecule is CCc1ccccc1N(CC(=O)N(Cc1ccc(Cl)cc1Cl)[C@@H](CC)C(=O)NC(C)C)S(C)(=O)=O. The van der Waals surface area contributed by atoms with Gasteiger partial charge in [-0.3, -0.25) is 13.9 Å². The fourth-order valence-electron chi connectivity index (χ4n) is 3.78. The molecule has 0 heterocycles. The van der Waals surface area contributed by atoms with E-state index in [0.29, 0.717) is 34.1 Å². The van der Waals surface area contributed by atoms with E-state index in [1.165, 1.54) is 4.90 Å². The van der Waals surface area contributed by atoms with Crippen LogP contribution in [-0.2, 0) is 32.6 Å². The van der Waals surface area contributed by atoms with Crippen LogP contribution in [0.5, 0.6) is 0 Å². The Labute approximate surface area is 218 Å². The number of rotatable bonds is 11. The lowest BCUT2D eigenvalue weighted by atomic mass is 10.1. The van der Waals surface area contributed by atoms with E-state index in [4.69, 9.17) is 23.2 Å². The molecular formula is C25H33Cl2N3O4S. The van der Waals surface area contributed by atoms with E-state index in [9.17, 15) is 18.0 Å². The summed E-state index contributed by atoms with van der Waals surface area (Å²) < 4.78 is 26.6. The smallest absolute Gasteiger partial charge is 0.244 e. The standard InChI is InChI=1S/C25H33Cl2N3O4S/c1-6-18-10-8-9-11-23(18)30(35(5,33)34)16-24(31)29(22(7-2)25(32)28-17(3)4)15-19-12-13-20(26)14-21(19)27/h8-14,17,22H,6-7,15-16H2,1-5H3,(H,28,32)/t22-/m0/s1. The van der Waals surface area contributed by atoms with Crippen LogP contribution in [0.2, 0.25) is 10.0 Å². The van der Waals surface area contributed by atoms with Crippen molar-refractivity contribution in [3.05, 3.63) is 63.6 Å². The first kappa shape index (κ1) is 28.9. The minimum Gasteiger partial charge on any atom is -0.352 e.